The number of hydrogen-bond acceptors (Lipinski definition) is 3. The number of pyridine rings is 1. The van der Waals surface area contributed by atoms with Crippen molar-refractivity contribution in [1.29, 1.82) is 0 Å². The average molecular weight is 315 g/mol. The van der Waals surface area contributed by atoms with E-state index in [1.54, 1.807) is 30.6 Å². The molecule has 0 unspecified atom stereocenters. The van der Waals surface area contributed by atoms with Crippen molar-refractivity contribution in [2.45, 2.75) is 4.90 Å². The lowest BCUT2D eigenvalue weighted by atomic mass is 10.1. The van der Waals surface area contributed by atoms with Gasteiger partial charge in [-0.05, 0) is 30.3 Å². The zero-order valence-corrected chi connectivity index (χ0v) is 12.5. The summed E-state index contributed by atoms with van der Waals surface area (Å²) in [4.78, 5) is 17.1. The van der Waals surface area contributed by atoms with E-state index in [0.29, 0.717) is 15.5 Å². The van der Waals surface area contributed by atoms with E-state index in [9.17, 15) is 4.79 Å². The highest BCUT2D eigenvalue weighted by molar-refractivity contribution is 7.80. The molecule has 0 fully saturated rings. The van der Waals surface area contributed by atoms with Crippen molar-refractivity contribution in [3.05, 3.63) is 65.4 Å². The van der Waals surface area contributed by atoms with Crippen molar-refractivity contribution in [3.8, 4) is 0 Å². The van der Waals surface area contributed by atoms with Gasteiger partial charge in [-0.1, -0.05) is 23.7 Å². The highest BCUT2D eigenvalue weighted by Gasteiger charge is 2.12. The minimum Gasteiger partial charge on any atom is -0.321 e. The number of carbonyl (C=O) groups excluding carboxylic acids is 1. The second kappa shape index (κ2) is 5.76. The van der Waals surface area contributed by atoms with Crippen LogP contribution >= 0.6 is 24.2 Å². The number of anilines is 1. The Hall–Kier alpha value is -2.04. The lowest BCUT2D eigenvalue weighted by Gasteiger charge is -2.10. The smallest absolute Gasteiger partial charge is 0.257 e. The second-order valence-electron chi connectivity index (χ2n) is 4.52. The number of nitrogens with zero attached hydrogens (tertiary/aromatic N) is 1. The summed E-state index contributed by atoms with van der Waals surface area (Å²) in [5.74, 6) is -0.264. The molecular formula is C16H11ClN2OS. The fraction of sp³-hybridized carbons (Fsp3) is 0. The number of benzene rings is 2. The fourth-order valence-electron chi connectivity index (χ4n) is 2.11. The second-order valence-corrected chi connectivity index (χ2v) is 5.44. The molecule has 0 radical (unpaired) electrons. The average Bonchev–Trinajstić information content (AvgIpc) is 2.50. The van der Waals surface area contributed by atoms with Crippen LogP contribution in [-0.4, -0.2) is 10.9 Å². The quantitative estimate of drug-likeness (QED) is 0.687. The van der Waals surface area contributed by atoms with E-state index in [0.717, 1.165) is 16.5 Å². The van der Waals surface area contributed by atoms with Gasteiger partial charge in [0.2, 0.25) is 0 Å². The van der Waals surface area contributed by atoms with Crippen LogP contribution in [0.3, 0.4) is 0 Å². The van der Waals surface area contributed by atoms with Gasteiger partial charge >= 0.3 is 0 Å². The first-order valence-electron chi connectivity index (χ1n) is 6.28. The SMILES string of the molecule is O=C(Nc1cccc2cnccc12)c1cc(S)ccc1Cl. The molecule has 3 rings (SSSR count). The third-order valence-corrected chi connectivity index (χ3v) is 3.73. The standard InChI is InChI=1S/C16H11ClN2OS/c17-14-5-4-11(21)8-13(14)16(20)19-15-3-1-2-10-9-18-7-6-12(10)15/h1-9,21H,(H,19,20). The number of nitrogens with one attached hydrogen (secondary N) is 1. The van der Waals surface area contributed by atoms with Crippen molar-refractivity contribution in [3.63, 3.8) is 0 Å². The van der Waals surface area contributed by atoms with Crippen LogP contribution in [0.2, 0.25) is 5.02 Å². The van der Waals surface area contributed by atoms with Gasteiger partial charge in [0.15, 0.2) is 0 Å². The Kier molecular flexibility index (Phi) is 3.82. The van der Waals surface area contributed by atoms with Gasteiger partial charge in [-0.15, -0.1) is 12.6 Å². The molecule has 1 heterocycles. The summed E-state index contributed by atoms with van der Waals surface area (Å²) < 4.78 is 0. The van der Waals surface area contributed by atoms with Gasteiger partial charge in [0.25, 0.3) is 5.91 Å². The largest absolute Gasteiger partial charge is 0.321 e. The van der Waals surface area contributed by atoms with Crippen LogP contribution in [0.4, 0.5) is 5.69 Å². The molecule has 0 atom stereocenters. The van der Waals surface area contributed by atoms with E-state index >= 15 is 0 Å². The third kappa shape index (κ3) is 2.86. The monoisotopic (exact) mass is 314 g/mol. The van der Waals surface area contributed by atoms with Gasteiger partial charge in [0.1, 0.15) is 0 Å². The fourth-order valence-corrected chi connectivity index (χ4v) is 2.52. The van der Waals surface area contributed by atoms with E-state index in [2.05, 4.69) is 22.9 Å². The highest BCUT2D eigenvalue weighted by Crippen LogP contribution is 2.25. The lowest BCUT2D eigenvalue weighted by molar-refractivity contribution is 0.102. The lowest BCUT2D eigenvalue weighted by Crippen LogP contribution is -2.12. The summed E-state index contributed by atoms with van der Waals surface area (Å²) in [7, 11) is 0. The molecule has 0 aliphatic heterocycles. The molecule has 0 saturated carbocycles. The first-order chi connectivity index (χ1) is 10.1. The molecule has 3 nitrogen and oxygen atoms in total. The number of thiol groups is 1. The van der Waals surface area contributed by atoms with Crippen LogP contribution in [-0.2, 0) is 0 Å². The van der Waals surface area contributed by atoms with Crippen molar-refractivity contribution < 1.29 is 4.79 Å². The van der Waals surface area contributed by atoms with Gasteiger partial charge in [-0.2, -0.15) is 0 Å². The van der Waals surface area contributed by atoms with E-state index in [-0.39, 0.29) is 5.91 Å². The summed E-state index contributed by atoms with van der Waals surface area (Å²) in [6.45, 7) is 0. The Morgan fingerprint density at radius 1 is 1.19 bits per heavy atom. The number of carbonyl (C=O) groups is 1. The maximum absolute atomic E-state index is 12.4. The molecule has 1 aromatic heterocycles. The van der Waals surface area contributed by atoms with Gasteiger partial charge in [-0.25, -0.2) is 0 Å². The maximum Gasteiger partial charge on any atom is 0.257 e. The summed E-state index contributed by atoms with van der Waals surface area (Å²) >= 11 is 10.3. The third-order valence-electron chi connectivity index (χ3n) is 3.12. The van der Waals surface area contributed by atoms with Gasteiger partial charge in [0.05, 0.1) is 10.6 Å². The summed E-state index contributed by atoms with van der Waals surface area (Å²) in [6.07, 6.45) is 3.45. The van der Waals surface area contributed by atoms with Crippen LogP contribution < -0.4 is 5.32 Å². The van der Waals surface area contributed by atoms with E-state index in [1.807, 2.05) is 24.3 Å². The molecule has 104 valence electrons. The minimum absolute atomic E-state index is 0.264. The number of fused-ring (bicyclic) bond motifs is 1. The number of amides is 1. The van der Waals surface area contributed by atoms with Crippen molar-refractivity contribution in [1.82, 2.24) is 4.98 Å². The first kappa shape index (κ1) is 13.9. The number of halogens is 1. The Bertz CT molecular complexity index is 830. The first-order valence-corrected chi connectivity index (χ1v) is 7.10. The number of hydrogen-bond donors (Lipinski definition) is 2. The Morgan fingerprint density at radius 3 is 2.90 bits per heavy atom. The normalized spacial score (nSPS) is 10.6. The Labute approximate surface area is 132 Å². The molecule has 3 aromatic rings. The molecule has 0 saturated heterocycles. The van der Waals surface area contributed by atoms with Crippen LogP contribution in [0.25, 0.3) is 10.8 Å². The molecule has 0 aliphatic rings. The molecule has 1 N–H and O–H groups in total. The molecule has 2 aromatic carbocycles. The molecular weight excluding hydrogens is 304 g/mol. The van der Waals surface area contributed by atoms with E-state index in [1.165, 1.54) is 0 Å². The van der Waals surface area contributed by atoms with E-state index in [4.69, 9.17) is 11.6 Å². The van der Waals surface area contributed by atoms with Gasteiger partial charge < -0.3 is 5.32 Å². The number of aromatic nitrogens is 1. The predicted molar refractivity (Wildman–Crippen MR) is 88.4 cm³/mol. The zero-order valence-electron chi connectivity index (χ0n) is 10.9. The van der Waals surface area contributed by atoms with Crippen LogP contribution in [0, 0.1) is 0 Å². The molecule has 0 bridgehead atoms. The maximum atomic E-state index is 12.4. The molecule has 21 heavy (non-hydrogen) atoms. The van der Waals surface area contributed by atoms with Gasteiger partial charge in [0, 0.05) is 33.7 Å². The summed E-state index contributed by atoms with van der Waals surface area (Å²) in [5, 5.41) is 5.17. The van der Waals surface area contributed by atoms with Crippen molar-refractivity contribution in [2.75, 3.05) is 5.32 Å². The highest BCUT2D eigenvalue weighted by atomic mass is 35.5. The number of rotatable bonds is 2. The predicted octanol–water partition coefficient (Wildman–Crippen LogP) is 4.43. The van der Waals surface area contributed by atoms with Crippen LogP contribution in [0.5, 0.6) is 0 Å². The molecule has 0 spiro atoms. The summed E-state index contributed by atoms with van der Waals surface area (Å²) in [5.41, 5.74) is 1.12. The van der Waals surface area contributed by atoms with Crippen LogP contribution in [0.15, 0.2) is 59.8 Å². The Balaban J connectivity index is 1.99. The topological polar surface area (TPSA) is 42.0 Å². The zero-order chi connectivity index (χ0) is 14.8. The molecule has 5 heteroatoms. The minimum atomic E-state index is -0.264. The molecule has 0 aliphatic carbocycles. The van der Waals surface area contributed by atoms with Gasteiger partial charge in [-0.3, -0.25) is 9.78 Å². The Morgan fingerprint density at radius 2 is 2.05 bits per heavy atom. The van der Waals surface area contributed by atoms with Crippen molar-refractivity contribution in [2.24, 2.45) is 0 Å². The summed E-state index contributed by atoms with van der Waals surface area (Å²) in [6, 6.07) is 12.6. The van der Waals surface area contributed by atoms with Crippen molar-refractivity contribution >= 4 is 46.6 Å². The molecule has 1 amide bonds. The van der Waals surface area contributed by atoms with E-state index < -0.39 is 0 Å². The van der Waals surface area contributed by atoms with Crippen LogP contribution in [0.1, 0.15) is 10.4 Å².